The van der Waals surface area contributed by atoms with Crippen molar-refractivity contribution in [3.8, 4) is 0 Å². The zero-order valence-corrected chi connectivity index (χ0v) is 12.4. The maximum absolute atomic E-state index is 12.4. The first-order valence-corrected chi connectivity index (χ1v) is 6.44. The number of nitrogens with two attached hydrogens (primary N) is 1. The lowest BCUT2D eigenvalue weighted by atomic mass is 9.79. The van der Waals surface area contributed by atoms with Gasteiger partial charge in [-0.15, -0.1) is 0 Å². The van der Waals surface area contributed by atoms with Gasteiger partial charge in [-0.05, 0) is 25.2 Å². The quantitative estimate of drug-likeness (QED) is 0.305. The van der Waals surface area contributed by atoms with E-state index in [0.29, 0.717) is 12.8 Å². The van der Waals surface area contributed by atoms with Crippen molar-refractivity contribution in [1.82, 2.24) is 5.32 Å². The molecule has 0 rings (SSSR count). The molecule has 1 unspecified atom stereocenters. The molecular formula is C13H27N3O2. The van der Waals surface area contributed by atoms with Crippen molar-refractivity contribution in [2.24, 2.45) is 21.7 Å². The third kappa shape index (κ3) is 3.37. The lowest BCUT2D eigenvalue weighted by Crippen LogP contribution is -2.53. The first-order valence-electron chi connectivity index (χ1n) is 6.44. The molecule has 106 valence electrons. The highest BCUT2D eigenvalue weighted by atomic mass is 16.4. The van der Waals surface area contributed by atoms with Gasteiger partial charge in [0.05, 0.1) is 0 Å². The van der Waals surface area contributed by atoms with Crippen molar-refractivity contribution in [1.29, 1.82) is 0 Å². The van der Waals surface area contributed by atoms with Gasteiger partial charge in [0, 0.05) is 6.04 Å². The second-order valence-corrected chi connectivity index (χ2v) is 5.84. The minimum absolute atomic E-state index is 0.00830. The maximum Gasteiger partial charge on any atom is 0.234 e. The molecule has 18 heavy (non-hydrogen) atoms. The van der Waals surface area contributed by atoms with Crippen LogP contribution >= 0.6 is 0 Å². The summed E-state index contributed by atoms with van der Waals surface area (Å²) >= 11 is 0. The van der Waals surface area contributed by atoms with E-state index in [1.54, 1.807) is 0 Å². The van der Waals surface area contributed by atoms with Crippen molar-refractivity contribution >= 4 is 11.7 Å². The molecule has 5 heteroatoms. The number of amidine groups is 1. The fraction of sp³-hybridized carbons (Fsp3) is 0.846. The van der Waals surface area contributed by atoms with Crippen molar-refractivity contribution in [3.63, 3.8) is 0 Å². The minimum Gasteiger partial charge on any atom is -0.409 e. The summed E-state index contributed by atoms with van der Waals surface area (Å²) in [5, 5.41) is 14.9. The molecule has 0 fully saturated rings. The van der Waals surface area contributed by atoms with Crippen molar-refractivity contribution in [2.45, 2.75) is 60.4 Å². The van der Waals surface area contributed by atoms with Gasteiger partial charge >= 0.3 is 0 Å². The van der Waals surface area contributed by atoms with E-state index in [-0.39, 0.29) is 23.2 Å². The SMILES string of the molecule is CCC(CC)(C(=O)NC(C)C(C)(C)C)C(N)=NO. The van der Waals surface area contributed by atoms with Gasteiger partial charge in [-0.3, -0.25) is 4.79 Å². The average Bonchev–Trinajstić information content (AvgIpc) is 2.29. The molecule has 0 radical (unpaired) electrons. The molecule has 0 aliphatic heterocycles. The number of oxime groups is 1. The molecule has 4 N–H and O–H groups in total. The summed E-state index contributed by atoms with van der Waals surface area (Å²) in [5.74, 6) is -0.198. The Morgan fingerprint density at radius 3 is 2.06 bits per heavy atom. The normalized spacial score (nSPS) is 15.3. The van der Waals surface area contributed by atoms with Crippen LogP contribution in [-0.2, 0) is 4.79 Å². The summed E-state index contributed by atoms with van der Waals surface area (Å²) in [4.78, 5) is 12.4. The first kappa shape index (κ1) is 16.7. The van der Waals surface area contributed by atoms with E-state index < -0.39 is 5.41 Å². The average molecular weight is 257 g/mol. The van der Waals surface area contributed by atoms with Crippen LogP contribution in [0.25, 0.3) is 0 Å². The smallest absolute Gasteiger partial charge is 0.234 e. The lowest BCUT2D eigenvalue weighted by Gasteiger charge is -2.34. The molecule has 0 spiro atoms. The summed E-state index contributed by atoms with van der Waals surface area (Å²) < 4.78 is 0. The fourth-order valence-electron chi connectivity index (χ4n) is 1.70. The molecule has 0 heterocycles. The third-order valence-corrected chi connectivity index (χ3v) is 3.89. The third-order valence-electron chi connectivity index (χ3n) is 3.89. The maximum atomic E-state index is 12.4. The van der Waals surface area contributed by atoms with E-state index in [1.807, 2.05) is 20.8 Å². The van der Waals surface area contributed by atoms with Crippen molar-refractivity contribution in [3.05, 3.63) is 0 Å². The minimum atomic E-state index is -0.922. The van der Waals surface area contributed by atoms with Crippen LogP contribution in [0.3, 0.4) is 0 Å². The van der Waals surface area contributed by atoms with Gasteiger partial charge < -0.3 is 16.3 Å². The largest absolute Gasteiger partial charge is 0.409 e. The summed E-state index contributed by atoms with van der Waals surface area (Å²) in [6.07, 6.45) is 1.00. The van der Waals surface area contributed by atoms with Gasteiger partial charge in [-0.1, -0.05) is 39.8 Å². The van der Waals surface area contributed by atoms with Crippen molar-refractivity contribution in [2.75, 3.05) is 0 Å². The summed E-state index contributed by atoms with van der Waals surface area (Å²) in [6.45, 7) is 11.9. The van der Waals surface area contributed by atoms with Crippen LogP contribution in [0.15, 0.2) is 5.16 Å². The Kier molecular flexibility index (Phi) is 5.64. The Hall–Kier alpha value is -1.26. The van der Waals surface area contributed by atoms with E-state index >= 15 is 0 Å². The van der Waals surface area contributed by atoms with Crippen LogP contribution in [0.5, 0.6) is 0 Å². The number of carbonyl (C=O) groups is 1. The predicted octanol–water partition coefficient (Wildman–Crippen LogP) is 2.09. The number of hydrogen-bond donors (Lipinski definition) is 3. The zero-order chi connectivity index (χ0) is 14.6. The highest BCUT2D eigenvalue weighted by Gasteiger charge is 2.41. The van der Waals surface area contributed by atoms with Crippen LogP contribution < -0.4 is 11.1 Å². The summed E-state index contributed by atoms with van der Waals surface area (Å²) in [5.41, 5.74) is 4.74. The molecule has 0 aromatic carbocycles. The zero-order valence-electron chi connectivity index (χ0n) is 12.4. The molecule has 5 nitrogen and oxygen atoms in total. The molecular weight excluding hydrogens is 230 g/mol. The number of carbonyl (C=O) groups excluding carboxylic acids is 1. The van der Waals surface area contributed by atoms with Crippen LogP contribution in [0.2, 0.25) is 0 Å². The van der Waals surface area contributed by atoms with E-state index in [2.05, 4.69) is 31.2 Å². The number of rotatable bonds is 5. The number of hydrogen-bond acceptors (Lipinski definition) is 3. The summed E-state index contributed by atoms with van der Waals surface area (Å²) in [6, 6.07) is 0.00830. The van der Waals surface area contributed by atoms with E-state index in [9.17, 15) is 4.79 Å². The molecule has 1 atom stereocenters. The molecule has 0 saturated heterocycles. The molecule has 0 aromatic heterocycles. The van der Waals surface area contributed by atoms with E-state index in [1.165, 1.54) is 0 Å². The molecule has 0 aromatic rings. The highest BCUT2D eigenvalue weighted by molar-refractivity contribution is 6.06. The Morgan fingerprint density at radius 1 is 1.33 bits per heavy atom. The molecule has 0 saturated carbocycles. The van der Waals surface area contributed by atoms with E-state index in [4.69, 9.17) is 10.9 Å². The first-order chi connectivity index (χ1) is 8.15. The number of amides is 1. The lowest BCUT2D eigenvalue weighted by molar-refractivity contribution is -0.129. The van der Waals surface area contributed by atoms with Crippen LogP contribution in [0.1, 0.15) is 54.4 Å². The fourth-order valence-corrected chi connectivity index (χ4v) is 1.70. The van der Waals surface area contributed by atoms with Crippen molar-refractivity contribution < 1.29 is 10.0 Å². The van der Waals surface area contributed by atoms with Crippen LogP contribution in [-0.4, -0.2) is 23.0 Å². The standard InChI is InChI=1S/C13H27N3O2/c1-7-13(8-2,10(14)16-18)11(17)15-9(3)12(4,5)6/h9,18H,7-8H2,1-6H3,(H2,14,16)(H,15,17). The Bertz CT molecular complexity index is 315. The van der Waals surface area contributed by atoms with E-state index in [0.717, 1.165) is 0 Å². The van der Waals surface area contributed by atoms with Gasteiger partial charge in [-0.25, -0.2) is 0 Å². The van der Waals surface area contributed by atoms with Crippen LogP contribution in [0, 0.1) is 10.8 Å². The molecule has 0 aliphatic rings. The number of nitrogens with zero attached hydrogens (tertiary/aromatic N) is 1. The Labute approximate surface area is 110 Å². The highest BCUT2D eigenvalue weighted by Crippen LogP contribution is 2.28. The Balaban J connectivity index is 5.13. The van der Waals surface area contributed by atoms with Gasteiger partial charge in [0.25, 0.3) is 0 Å². The summed E-state index contributed by atoms with van der Waals surface area (Å²) in [7, 11) is 0. The molecule has 0 aliphatic carbocycles. The second kappa shape index (κ2) is 6.07. The Morgan fingerprint density at radius 2 is 1.78 bits per heavy atom. The topological polar surface area (TPSA) is 87.7 Å². The molecule has 1 amide bonds. The predicted molar refractivity (Wildman–Crippen MR) is 73.5 cm³/mol. The van der Waals surface area contributed by atoms with Gasteiger partial charge in [-0.2, -0.15) is 0 Å². The molecule has 0 bridgehead atoms. The van der Waals surface area contributed by atoms with Gasteiger partial charge in [0.2, 0.25) is 5.91 Å². The second-order valence-electron chi connectivity index (χ2n) is 5.84. The van der Waals surface area contributed by atoms with Gasteiger partial charge in [0.15, 0.2) is 5.84 Å². The number of nitrogens with one attached hydrogen (secondary N) is 1. The monoisotopic (exact) mass is 257 g/mol. The van der Waals surface area contributed by atoms with Gasteiger partial charge in [0.1, 0.15) is 5.41 Å². The van der Waals surface area contributed by atoms with Crippen LogP contribution in [0.4, 0.5) is 0 Å².